The molecule has 3 aromatic carbocycles. The van der Waals surface area contributed by atoms with Gasteiger partial charge in [-0.2, -0.15) is 13.2 Å². The number of aromatic hydroxyl groups is 1. The van der Waals surface area contributed by atoms with Gasteiger partial charge in [-0.25, -0.2) is 13.2 Å². The van der Waals surface area contributed by atoms with Crippen molar-refractivity contribution in [3.8, 4) is 17.2 Å². The molecule has 0 radical (unpaired) electrons. The van der Waals surface area contributed by atoms with Crippen LogP contribution in [0.25, 0.3) is 0 Å². The first-order valence-corrected chi connectivity index (χ1v) is 27.3. The van der Waals surface area contributed by atoms with Gasteiger partial charge in [-0.1, -0.05) is 18.2 Å². The predicted octanol–water partition coefficient (Wildman–Crippen LogP) is 12.8. The average molecular weight is 1010 g/mol. The van der Waals surface area contributed by atoms with Crippen molar-refractivity contribution >= 4 is 0 Å². The number of aliphatic hydroxyl groups excluding tert-OH is 2. The molecule has 16 rings (SSSR count). The van der Waals surface area contributed by atoms with Crippen LogP contribution in [-0.2, 0) is 25.7 Å². The van der Waals surface area contributed by atoms with Crippen LogP contribution in [0, 0.1) is 100 Å². The monoisotopic (exact) mass is 1010 g/mol. The number of hydrogen-bond donors (Lipinski definition) is 3. The Balaban J connectivity index is 0.000000119. The lowest BCUT2D eigenvalue weighted by Crippen LogP contribution is -2.49. The summed E-state index contributed by atoms with van der Waals surface area (Å²) in [4.78, 5) is 0. The van der Waals surface area contributed by atoms with Gasteiger partial charge in [0.05, 0.1) is 39.6 Å². The van der Waals surface area contributed by atoms with Crippen molar-refractivity contribution in [2.45, 2.75) is 151 Å². The fourth-order valence-corrected chi connectivity index (χ4v) is 17.8. The molecule has 13 heteroatoms. The van der Waals surface area contributed by atoms with Gasteiger partial charge in [-0.15, -0.1) is 0 Å². The van der Waals surface area contributed by atoms with Crippen LogP contribution in [0.4, 0.5) is 26.3 Å². The normalized spacial score (nSPS) is 36.3. The quantitative estimate of drug-likeness (QED) is 0.165. The average Bonchev–Trinajstić information content (AvgIpc) is 3.32. The van der Waals surface area contributed by atoms with Gasteiger partial charge < -0.3 is 34.3 Å². The van der Waals surface area contributed by atoms with E-state index in [2.05, 4.69) is 0 Å². The molecule has 3 N–H and O–H groups in total. The first kappa shape index (κ1) is 50.6. The van der Waals surface area contributed by atoms with Gasteiger partial charge in [0.25, 0.3) is 0 Å². The van der Waals surface area contributed by atoms with Crippen LogP contribution in [-0.4, -0.2) is 60.7 Å². The van der Waals surface area contributed by atoms with Crippen LogP contribution in [0.3, 0.4) is 0 Å². The van der Waals surface area contributed by atoms with E-state index in [4.69, 9.17) is 29.2 Å². The Morgan fingerprint density at radius 1 is 0.472 bits per heavy atom. The molecule has 13 aliphatic rings. The molecule has 1 heterocycles. The third-order valence-electron chi connectivity index (χ3n) is 19.8. The zero-order chi connectivity index (χ0) is 50.3. The minimum atomic E-state index is -1.08. The fraction of sp³-hybridized carbons (Fsp3) is 0.695. The maximum atomic E-state index is 15.1. The number of aliphatic hydroxyl groups is 2. The number of benzene rings is 3. The van der Waals surface area contributed by atoms with Crippen LogP contribution in [0.1, 0.15) is 146 Å². The molecule has 0 unspecified atom stereocenters. The van der Waals surface area contributed by atoms with E-state index < -0.39 is 52.4 Å². The molecule has 0 amide bonds. The molecule has 12 saturated carbocycles. The molecule has 3 aromatic rings. The summed E-state index contributed by atoms with van der Waals surface area (Å²) in [7, 11) is 0. The van der Waals surface area contributed by atoms with Gasteiger partial charge in [0.2, 0.25) is 17.5 Å². The van der Waals surface area contributed by atoms with Crippen LogP contribution in [0.2, 0.25) is 0 Å². The highest BCUT2D eigenvalue weighted by Crippen LogP contribution is 2.64. The van der Waals surface area contributed by atoms with Crippen LogP contribution in [0.5, 0.6) is 17.2 Å². The first-order chi connectivity index (χ1) is 34.4. The highest BCUT2D eigenvalue weighted by atomic mass is 19.2. The summed E-state index contributed by atoms with van der Waals surface area (Å²) < 4.78 is 110. The van der Waals surface area contributed by atoms with Crippen molar-refractivity contribution in [2.24, 2.45) is 65.1 Å². The van der Waals surface area contributed by atoms with E-state index in [0.717, 1.165) is 57.8 Å². The summed E-state index contributed by atoms with van der Waals surface area (Å²) in [5.41, 5.74) is 1.11. The molecule has 0 aromatic heterocycles. The van der Waals surface area contributed by atoms with E-state index in [9.17, 15) is 27.1 Å². The molecular formula is C59H74F6O7. The van der Waals surface area contributed by atoms with Gasteiger partial charge >= 0.3 is 0 Å². The first-order valence-electron chi connectivity index (χ1n) is 27.3. The van der Waals surface area contributed by atoms with E-state index in [-0.39, 0.29) is 60.1 Å². The molecule has 0 spiro atoms. The predicted molar refractivity (Wildman–Crippen MR) is 258 cm³/mol. The Kier molecular flexibility index (Phi) is 13.8. The van der Waals surface area contributed by atoms with Crippen LogP contribution < -0.4 is 9.47 Å². The van der Waals surface area contributed by atoms with E-state index >= 15 is 4.39 Å². The largest absolute Gasteiger partial charge is 0.505 e. The molecule has 0 atom stereocenters. The SMILES string of the molecule is CC1(C)OCC(COc2ccc(C34CC5CC(CC(C5)C3)C4)c(F)c2F)CO1.OCC(CO)COc1ccc(C23CC4CC(CC(C4)C2)C3)c(F)c1F.Oc1ccc(C23CC4CC(CC(C4)C2)C3)c(F)c1F. The molecule has 12 aliphatic carbocycles. The van der Waals surface area contributed by atoms with Gasteiger partial charge in [-0.3, -0.25) is 0 Å². The molecule has 1 aliphatic heterocycles. The molecule has 12 bridgehead atoms. The summed E-state index contributed by atoms with van der Waals surface area (Å²) in [6, 6.07) is 9.55. The molecule has 1 saturated heterocycles. The van der Waals surface area contributed by atoms with Crippen molar-refractivity contribution in [2.75, 3.05) is 39.6 Å². The maximum Gasteiger partial charge on any atom is 0.200 e. The van der Waals surface area contributed by atoms with Crippen molar-refractivity contribution in [1.29, 1.82) is 0 Å². The van der Waals surface area contributed by atoms with E-state index in [1.165, 1.54) is 69.9 Å². The molecule has 13 fully saturated rings. The van der Waals surface area contributed by atoms with Gasteiger partial charge in [-0.05, 0) is 234 Å². The van der Waals surface area contributed by atoms with Crippen molar-refractivity contribution in [3.63, 3.8) is 0 Å². The number of phenolic OH excluding ortho intramolecular Hbond substituents is 1. The second kappa shape index (κ2) is 19.6. The maximum absolute atomic E-state index is 15.1. The Morgan fingerprint density at radius 3 is 1.14 bits per heavy atom. The Morgan fingerprint density at radius 2 is 0.792 bits per heavy atom. The lowest BCUT2D eigenvalue weighted by atomic mass is 9.48. The van der Waals surface area contributed by atoms with E-state index in [1.54, 1.807) is 24.3 Å². The second-order valence-corrected chi connectivity index (χ2v) is 25.6. The highest BCUT2D eigenvalue weighted by molar-refractivity contribution is 5.40. The fourth-order valence-electron chi connectivity index (χ4n) is 17.8. The van der Waals surface area contributed by atoms with Crippen LogP contribution >= 0.6 is 0 Å². The zero-order valence-electron chi connectivity index (χ0n) is 42.0. The van der Waals surface area contributed by atoms with Gasteiger partial charge in [0, 0.05) is 11.8 Å². The standard InChI is InChI=1S/C23H30F2O3.C20H26F2O3.C16H18F2O/c1-22(2)27-12-17(13-28-22)11-26-19-4-3-18(20(24)21(19)25)23-8-14-5-15(9-23)7-16(6-14)10-23;21-18-16(1-2-17(19(18)22)25-11-15(9-23)10-24)20-6-12-3-13(7-20)5-14(4-12)8-20;17-14-12(1-2-13(19)15(14)18)16-6-9-3-10(7-16)5-11(4-9)8-16/h3-4,14-17H,5-13H2,1-2H3;1-2,12-15,23-24H,3-11H2;1-2,9-11,19H,3-8H2. The number of phenols is 1. The van der Waals surface area contributed by atoms with E-state index in [1.807, 2.05) is 13.8 Å². The summed E-state index contributed by atoms with van der Waals surface area (Å²) in [5.74, 6) is -0.771. The highest BCUT2D eigenvalue weighted by Gasteiger charge is 2.55. The topological polar surface area (TPSA) is 97.6 Å². The number of hydrogen-bond acceptors (Lipinski definition) is 7. The lowest BCUT2D eigenvalue weighted by Gasteiger charge is -2.57. The number of rotatable bonds is 11. The smallest absolute Gasteiger partial charge is 0.200 e. The minimum Gasteiger partial charge on any atom is -0.505 e. The third kappa shape index (κ3) is 9.58. The number of ether oxygens (including phenoxy) is 4. The second-order valence-electron chi connectivity index (χ2n) is 25.6. The summed E-state index contributed by atoms with van der Waals surface area (Å²) in [6.07, 6.45) is 20.5. The molecule has 7 nitrogen and oxygen atoms in total. The molecular weight excluding hydrogens is 935 g/mol. The number of halogens is 6. The van der Waals surface area contributed by atoms with E-state index in [0.29, 0.717) is 83.2 Å². The Labute approximate surface area is 420 Å². The summed E-state index contributed by atoms with van der Waals surface area (Å²) in [5, 5.41) is 27.4. The lowest BCUT2D eigenvalue weighted by molar-refractivity contribution is -0.264. The van der Waals surface area contributed by atoms with Gasteiger partial charge in [0.1, 0.15) is 0 Å². The Bertz CT molecular complexity index is 2360. The zero-order valence-corrected chi connectivity index (χ0v) is 42.0. The minimum absolute atomic E-state index is 0.00388. The van der Waals surface area contributed by atoms with Crippen molar-refractivity contribution in [3.05, 3.63) is 88.0 Å². The van der Waals surface area contributed by atoms with Crippen LogP contribution in [0.15, 0.2) is 36.4 Å². The summed E-state index contributed by atoms with van der Waals surface area (Å²) in [6.45, 7) is 4.40. The Hall–Kier alpha value is -3.52. The van der Waals surface area contributed by atoms with Gasteiger partial charge in [0.15, 0.2) is 40.5 Å². The third-order valence-corrected chi connectivity index (χ3v) is 19.8. The van der Waals surface area contributed by atoms with Crippen molar-refractivity contribution in [1.82, 2.24) is 0 Å². The van der Waals surface area contributed by atoms with Crippen molar-refractivity contribution < 1.29 is 60.6 Å². The summed E-state index contributed by atoms with van der Waals surface area (Å²) >= 11 is 0. The molecule has 394 valence electrons. The molecule has 72 heavy (non-hydrogen) atoms.